The van der Waals surface area contributed by atoms with Gasteiger partial charge in [0.15, 0.2) is 0 Å². The summed E-state index contributed by atoms with van der Waals surface area (Å²) in [7, 11) is 5.10. The molecule has 0 aliphatic carbocycles. The summed E-state index contributed by atoms with van der Waals surface area (Å²) in [5.41, 5.74) is 0. The van der Waals surface area contributed by atoms with Crippen molar-refractivity contribution in [3.63, 3.8) is 0 Å². The van der Waals surface area contributed by atoms with Gasteiger partial charge in [0.2, 0.25) is 11.8 Å². The molecule has 0 saturated carbocycles. The summed E-state index contributed by atoms with van der Waals surface area (Å²) in [5.74, 6) is -0.458. The van der Waals surface area contributed by atoms with Crippen molar-refractivity contribution in [2.45, 2.75) is 6.92 Å². The lowest BCUT2D eigenvalue weighted by molar-refractivity contribution is -0.142. The molecule has 0 aromatic carbocycles. The maximum absolute atomic E-state index is 11.6. The molecule has 1 aliphatic rings. The highest BCUT2D eigenvalue weighted by Gasteiger charge is 2.41. The molecule has 1 saturated heterocycles. The van der Waals surface area contributed by atoms with Gasteiger partial charge in [-0.2, -0.15) is 0 Å². The molecule has 1 heterocycles. The van der Waals surface area contributed by atoms with E-state index in [0.29, 0.717) is 6.54 Å². The minimum Gasteiger partial charge on any atom is -0.348 e. The number of hydrogen-bond donors (Lipinski definition) is 0. The van der Waals surface area contributed by atoms with Crippen LogP contribution < -0.4 is 0 Å². The molecule has 2 unspecified atom stereocenters. The Balaban J connectivity index is 2.80. The van der Waals surface area contributed by atoms with Crippen LogP contribution in [0.25, 0.3) is 0 Å². The first-order chi connectivity index (χ1) is 5.95. The molecule has 1 aliphatic heterocycles. The van der Waals surface area contributed by atoms with Gasteiger partial charge in [-0.1, -0.05) is 6.92 Å². The predicted octanol–water partition coefficient (Wildman–Crippen LogP) is -0.201. The van der Waals surface area contributed by atoms with Gasteiger partial charge in [0.1, 0.15) is 5.92 Å². The zero-order valence-electron chi connectivity index (χ0n) is 8.57. The van der Waals surface area contributed by atoms with E-state index in [1.54, 1.807) is 26.0 Å². The summed E-state index contributed by atoms with van der Waals surface area (Å²) >= 11 is 0. The Morgan fingerprint density at radius 1 is 1.54 bits per heavy atom. The number of amides is 2. The molecular weight excluding hydrogens is 168 g/mol. The topological polar surface area (TPSA) is 40.6 Å². The Kier molecular flexibility index (Phi) is 2.59. The first-order valence-corrected chi connectivity index (χ1v) is 4.41. The largest absolute Gasteiger partial charge is 0.348 e. The van der Waals surface area contributed by atoms with Crippen molar-refractivity contribution < 1.29 is 9.59 Å². The number of rotatable bonds is 1. The summed E-state index contributed by atoms with van der Waals surface area (Å²) in [5, 5.41) is 0. The van der Waals surface area contributed by atoms with Crippen LogP contribution in [0.15, 0.2) is 0 Å². The van der Waals surface area contributed by atoms with Crippen molar-refractivity contribution in [2.75, 3.05) is 27.7 Å². The van der Waals surface area contributed by atoms with Crippen LogP contribution in [0.3, 0.4) is 0 Å². The third kappa shape index (κ3) is 1.66. The molecule has 4 heteroatoms. The molecule has 0 N–H and O–H groups in total. The lowest BCUT2D eigenvalue weighted by atomic mass is 9.96. The Labute approximate surface area is 78.5 Å². The third-order valence-electron chi connectivity index (χ3n) is 2.48. The Morgan fingerprint density at radius 3 is 2.38 bits per heavy atom. The van der Waals surface area contributed by atoms with Gasteiger partial charge in [0, 0.05) is 27.7 Å². The van der Waals surface area contributed by atoms with Crippen molar-refractivity contribution in [1.82, 2.24) is 9.80 Å². The summed E-state index contributed by atoms with van der Waals surface area (Å²) in [6.45, 7) is 2.62. The second-order valence-corrected chi connectivity index (χ2v) is 3.91. The number of nitrogens with zero attached hydrogens (tertiary/aromatic N) is 2. The molecule has 74 valence electrons. The minimum atomic E-state index is -0.458. The molecule has 2 atom stereocenters. The van der Waals surface area contributed by atoms with Crippen molar-refractivity contribution in [3.05, 3.63) is 0 Å². The highest BCUT2D eigenvalue weighted by molar-refractivity contribution is 6.01. The van der Waals surface area contributed by atoms with E-state index in [4.69, 9.17) is 0 Å². The molecule has 0 bridgehead atoms. The van der Waals surface area contributed by atoms with Gasteiger partial charge >= 0.3 is 0 Å². The fourth-order valence-corrected chi connectivity index (χ4v) is 1.74. The number of carbonyl (C=O) groups is 2. The normalized spacial score (nSPS) is 28.0. The summed E-state index contributed by atoms with van der Waals surface area (Å²) < 4.78 is 0. The zero-order chi connectivity index (χ0) is 10.2. The first kappa shape index (κ1) is 10.0. The molecule has 0 aromatic heterocycles. The fourth-order valence-electron chi connectivity index (χ4n) is 1.74. The predicted molar refractivity (Wildman–Crippen MR) is 49.0 cm³/mol. The van der Waals surface area contributed by atoms with Crippen LogP contribution in [-0.4, -0.2) is 49.3 Å². The molecule has 1 fully saturated rings. The van der Waals surface area contributed by atoms with Crippen LogP contribution in [0, 0.1) is 11.8 Å². The summed E-state index contributed by atoms with van der Waals surface area (Å²) in [4.78, 5) is 26.2. The van der Waals surface area contributed by atoms with Crippen molar-refractivity contribution in [2.24, 2.45) is 11.8 Å². The second-order valence-electron chi connectivity index (χ2n) is 3.91. The van der Waals surface area contributed by atoms with Crippen LogP contribution in [0.2, 0.25) is 0 Å². The van der Waals surface area contributed by atoms with Crippen LogP contribution in [0.4, 0.5) is 0 Å². The molecule has 0 radical (unpaired) electrons. The average molecular weight is 184 g/mol. The van der Waals surface area contributed by atoms with Crippen LogP contribution in [0.5, 0.6) is 0 Å². The molecular formula is C9H16N2O2. The Morgan fingerprint density at radius 2 is 2.08 bits per heavy atom. The van der Waals surface area contributed by atoms with Crippen molar-refractivity contribution >= 4 is 11.8 Å². The first-order valence-electron chi connectivity index (χ1n) is 4.41. The lowest BCUT2D eigenvalue weighted by Crippen LogP contribution is -2.36. The van der Waals surface area contributed by atoms with E-state index in [1.165, 1.54) is 4.90 Å². The molecule has 4 nitrogen and oxygen atoms in total. The standard InChI is InChI=1S/C9H16N2O2/c1-6-5-11(4)9(13)7(6)8(12)10(2)3/h6-7H,5H2,1-4H3. The van der Waals surface area contributed by atoms with E-state index in [-0.39, 0.29) is 17.7 Å². The number of carbonyl (C=O) groups excluding carboxylic acids is 2. The van der Waals surface area contributed by atoms with Gasteiger partial charge in [0.05, 0.1) is 0 Å². The maximum Gasteiger partial charge on any atom is 0.235 e. The third-order valence-corrected chi connectivity index (χ3v) is 2.48. The molecule has 1 rings (SSSR count). The molecule has 2 amide bonds. The van der Waals surface area contributed by atoms with Gasteiger partial charge < -0.3 is 9.80 Å². The van der Waals surface area contributed by atoms with E-state index in [9.17, 15) is 9.59 Å². The fraction of sp³-hybridized carbons (Fsp3) is 0.778. The van der Waals surface area contributed by atoms with Gasteiger partial charge in [-0.05, 0) is 5.92 Å². The average Bonchev–Trinajstić information content (AvgIpc) is 2.26. The van der Waals surface area contributed by atoms with Gasteiger partial charge in [-0.3, -0.25) is 9.59 Å². The summed E-state index contributed by atoms with van der Waals surface area (Å²) in [6.07, 6.45) is 0. The van der Waals surface area contributed by atoms with E-state index in [1.807, 2.05) is 6.92 Å². The lowest BCUT2D eigenvalue weighted by Gasteiger charge is -2.17. The Bertz CT molecular complexity index is 238. The van der Waals surface area contributed by atoms with E-state index < -0.39 is 5.92 Å². The maximum atomic E-state index is 11.6. The van der Waals surface area contributed by atoms with Gasteiger partial charge in [-0.15, -0.1) is 0 Å². The van der Waals surface area contributed by atoms with Crippen LogP contribution >= 0.6 is 0 Å². The van der Waals surface area contributed by atoms with Gasteiger partial charge in [0.25, 0.3) is 0 Å². The van der Waals surface area contributed by atoms with E-state index in [2.05, 4.69) is 0 Å². The second kappa shape index (κ2) is 3.36. The minimum absolute atomic E-state index is 0.0498. The van der Waals surface area contributed by atoms with Crippen LogP contribution in [-0.2, 0) is 9.59 Å². The van der Waals surface area contributed by atoms with E-state index in [0.717, 1.165) is 0 Å². The number of likely N-dealkylation sites (tertiary alicyclic amines) is 1. The van der Waals surface area contributed by atoms with Crippen molar-refractivity contribution in [3.8, 4) is 0 Å². The highest BCUT2D eigenvalue weighted by Crippen LogP contribution is 2.24. The monoisotopic (exact) mass is 184 g/mol. The smallest absolute Gasteiger partial charge is 0.235 e. The highest BCUT2D eigenvalue weighted by atomic mass is 16.2. The zero-order valence-corrected chi connectivity index (χ0v) is 8.57. The molecule has 13 heavy (non-hydrogen) atoms. The van der Waals surface area contributed by atoms with Crippen LogP contribution in [0.1, 0.15) is 6.92 Å². The number of hydrogen-bond acceptors (Lipinski definition) is 2. The SMILES string of the molecule is CC1CN(C)C(=O)C1C(=O)N(C)C. The summed E-state index contributed by atoms with van der Waals surface area (Å²) in [6, 6.07) is 0. The quantitative estimate of drug-likeness (QED) is 0.529. The molecule has 0 aromatic rings. The van der Waals surface area contributed by atoms with Gasteiger partial charge in [-0.25, -0.2) is 0 Å². The Hall–Kier alpha value is -1.06. The van der Waals surface area contributed by atoms with E-state index >= 15 is 0 Å². The van der Waals surface area contributed by atoms with Crippen molar-refractivity contribution in [1.29, 1.82) is 0 Å². The molecule has 0 spiro atoms.